The number of thioether (sulfide) groups is 1. The Bertz CT molecular complexity index is 1780. The van der Waals surface area contributed by atoms with Crippen LogP contribution in [0.2, 0.25) is 0 Å². The number of aromatic nitrogens is 1. The van der Waals surface area contributed by atoms with Crippen LogP contribution in [0.5, 0.6) is 23.0 Å². The van der Waals surface area contributed by atoms with E-state index < -0.39 is 0 Å². The predicted molar refractivity (Wildman–Crippen MR) is 178 cm³/mol. The largest absolute Gasteiger partial charge is 0.493 e. The van der Waals surface area contributed by atoms with E-state index in [-0.39, 0.29) is 23.8 Å². The number of nitrogens with one attached hydrogen (secondary N) is 1. The zero-order valence-electron chi connectivity index (χ0n) is 25.6. The Balaban J connectivity index is 1.47. The number of hydrogen-bond donors (Lipinski definition) is 1. The van der Waals surface area contributed by atoms with Crippen LogP contribution < -0.4 is 29.8 Å². The summed E-state index contributed by atoms with van der Waals surface area (Å²) in [6.07, 6.45) is 3.90. The van der Waals surface area contributed by atoms with E-state index in [4.69, 9.17) is 31.2 Å². The van der Waals surface area contributed by atoms with Gasteiger partial charge in [-0.05, 0) is 66.8 Å². The maximum absolute atomic E-state index is 13.7. The molecule has 0 saturated carbocycles. The summed E-state index contributed by atoms with van der Waals surface area (Å²) in [5.74, 6) is 2.90. The summed E-state index contributed by atoms with van der Waals surface area (Å²) in [6, 6.07) is 13.4. The monoisotopic (exact) mass is 646 g/mol. The highest BCUT2D eigenvalue weighted by Gasteiger charge is 2.33. The third-order valence-corrected chi connectivity index (χ3v) is 9.11. The maximum Gasteiger partial charge on any atom is 0.270 e. The molecule has 5 rings (SSSR count). The van der Waals surface area contributed by atoms with Crippen LogP contribution in [0, 0.1) is 18.3 Å². The molecule has 1 aromatic heterocycles. The minimum Gasteiger partial charge on any atom is -0.493 e. The lowest BCUT2D eigenvalue weighted by molar-refractivity contribution is -0.122. The number of methoxy groups -OCH3 is 2. The second kappa shape index (κ2) is 14.1. The molecule has 1 fully saturated rings. The summed E-state index contributed by atoms with van der Waals surface area (Å²) in [6.45, 7) is 5.12. The van der Waals surface area contributed by atoms with E-state index in [9.17, 15) is 14.9 Å². The van der Waals surface area contributed by atoms with Crippen molar-refractivity contribution in [2.45, 2.75) is 46.2 Å². The van der Waals surface area contributed by atoms with Gasteiger partial charge in [-0.25, -0.2) is 0 Å². The number of thiocarbonyl (C=S) groups is 1. The Labute approximate surface area is 271 Å². The standard InChI is InChI=1S/C33H34N4O6S2/c1-5-6-12-36-30(35-18-22-8-10-26-28(15-22)43-19-42-26)23(20(2)24(17-34)31(36)38)16-29-32(39)37(33(44)45-29)13-11-21-7-9-25(40-3)27(14-21)41-4/h7-10,14-16,35H,5-6,11-13,18-19H2,1-4H3/b29-16+. The second-order valence-corrected chi connectivity index (χ2v) is 12.2. The molecule has 12 heteroatoms. The van der Waals surface area contributed by atoms with Crippen molar-refractivity contribution in [1.29, 1.82) is 5.26 Å². The van der Waals surface area contributed by atoms with E-state index in [0.717, 1.165) is 24.0 Å². The molecule has 234 valence electrons. The number of carbonyl (C=O) groups is 1. The minimum absolute atomic E-state index is 0.0508. The highest BCUT2D eigenvalue weighted by Crippen LogP contribution is 2.36. The number of carbonyl (C=O) groups excluding carboxylic acids is 1. The number of hydrogen-bond acceptors (Lipinski definition) is 10. The number of fused-ring (bicyclic) bond motifs is 1. The molecule has 45 heavy (non-hydrogen) atoms. The molecular weight excluding hydrogens is 613 g/mol. The minimum atomic E-state index is -0.365. The molecule has 0 radical (unpaired) electrons. The molecule has 3 heterocycles. The number of rotatable bonds is 12. The lowest BCUT2D eigenvalue weighted by Gasteiger charge is -2.20. The first-order valence-electron chi connectivity index (χ1n) is 14.6. The molecule has 0 unspecified atom stereocenters. The van der Waals surface area contributed by atoms with Gasteiger partial charge < -0.3 is 24.3 Å². The quantitative estimate of drug-likeness (QED) is 0.196. The summed E-state index contributed by atoms with van der Waals surface area (Å²) in [5, 5.41) is 13.4. The summed E-state index contributed by atoms with van der Waals surface area (Å²) in [5.41, 5.74) is 2.68. The van der Waals surface area contributed by atoms with Crippen LogP contribution in [-0.4, -0.2) is 47.3 Å². The number of anilines is 1. The first kappa shape index (κ1) is 31.9. The average Bonchev–Trinajstić information content (AvgIpc) is 3.62. The van der Waals surface area contributed by atoms with Crippen LogP contribution in [0.3, 0.4) is 0 Å². The number of ether oxygens (including phenoxy) is 4. The number of unbranched alkanes of at least 4 members (excludes halogenated alkanes) is 1. The van der Waals surface area contributed by atoms with Crippen LogP contribution in [0.4, 0.5) is 5.82 Å². The third-order valence-electron chi connectivity index (χ3n) is 7.73. The van der Waals surface area contributed by atoms with Gasteiger partial charge >= 0.3 is 0 Å². The van der Waals surface area contributed by atoms with E-state index in [1.165, 1.54) is 11.8 Å². The lowest BCUT2D eigenvalue weighted by atomic mass is 10.0. The second-order valence-electron chi connectivity index (χ2n) is 10.5. The molecular formula is C33H34N4O6S2. The normalized spacial score (nSPS) is 14.6. The van der Waals surface area contributed by atoms with Gasteiger partial charge in [-0.3, -0.25) is 19.1 Å². The Morgan fingerprint density at radius 2 is 1.82 bits per heavy atom. The average molecular weight is 647 g/mol. The zero-order valence-corrected chi connectivity index (χ0v) is 27.2. The van der Waals surface area contributed by atoms with Gasteiger partial charge in [0.25, 0.3) is 11.5 Å². The topological polar surface area (TPSA) is 115 Å². The summed E-state index contributed by atoms with van der Waals surface area (Å²) in [4.78, 5) is 29.2. The van der Waals surface area contributed by atoms with Crippen molar-refractivity contribution in [3.05, 3.63) is 79.5 Å². The van der Waals surface area contributed by atoms with Crippen molar-refractivity contribution in [3.63, 3.8) is 0 Å². The molecule has 0 bridgehead atoms. The van der Waals surface area contributed by atoms with Crippen molar-refractivity contribution >= 4 is 46.1 Å². The lowest BCUT2D eigenvalue weighted by Crippen LogP contribution is -2.30. The van der Waals surface area contributed by atoms with Gasteiger partial charge in [0.05, 0.1) is 19.1 Å². The van der Waals surface area contributed by atoms with Crippen LogP contribution in [0.15, 0.2) is 46.1 Å². The van der Waals surface area contributed by atoms with Crippen LogP contribution >= 0.6 is 24.0 Å². The fraction of sp³-hybridized carbons (Fsp3) is 0.333. The highest BCUT2D eigenvalue weighted by atomic mass is 32.2. The van der Waals surface area contributed by atoms with Crippen molar-refractivity contribution in [3.8, 4) is 29.1 Å². The number of amides is 1. The Hall–Kier alpha value is -4.47. The maximum atomic E-state index is 13.7. The zero-order chi connectivity index (χ0) is 32.1. The van der Waals surface area contributed by atoms with E-state index in [2.05, 4.69) is 11.4 Å². The Morgan fingerprint density at radius 1 is 1.07 bits per heavy atom. The Morgan fingerprint density at radius 3 is 2.56 bits per heavy atom. The summed E-state index contributed by atoms with van der Waals surface area (Å²) in [7, 11) is 3.16. The van der Waals surface area contributed by atoms with Gasteiger partial charge in [0.2, 0.25) is 6.79 Å². The predicted octanol–water partition coefficient (Wildman–Crippen LogP) is 5.63. The van der Waals surface area contributed by atoms with E-state index >= 15 is 0 Å². The highest BCUT2D eigenvalue weighted by molar-refractivity contribution is 8.26. The van der Waals surface area contributed by atoms with E-state index in [0.29, 0.717) is 75.2 Å². The summed E-state index contributed by atoms with van der Waals surface area (Å²) >= 11 is 6.83. The molecule has 2 aliphatic heterocycles. The number of nitriles is 1. The molecule has 1 N–H and O–H groups in total. The molecule has 1 amide bonds. The van der Waals surface area contributed by atoms with E-state index in [1.54, 1.807) is 36.7 Å². The summed E-state index contributed by atoms with van der Waals surface area (Å²) < 4.78 is 23.8. The fourth-order valence-electron chi connectivity index (χ4n) is 5.22. The van der Waals surface area contributed by atoms with Gasteiger partial charge in [-0.15, -0.1) is 0 Å². The molecule has 2 aliphatic rings. The van der Waals surface area contributed by atoms with Crippen molar-refractivity contribution in [2.24, 2.45) is 0 Å². The third kappa shape index (κ3) is 6.65. The number of nitrogens with zero attached hydrogens (tertiary/aromatic N) is 3. The van der Waals surface area contributed by atoms with Gasteiger partial charge in [0.15, 0.2) is 23.0 Å². The van der Waals surface area contributed by atoms with Crippen molar-refractivity contribution < 1.29 is 23.7 Å². The van der Waals surface area contributed by atoms with Crippen LogP contribution in [-0.2, 0) is 24.3 Å². The first-order valence-corrected chi connectivity index (χ1v) is 15.8. The molecule has 0 aliphatic carbocycles. The van der Waals surface area contributed by atoms with Crippen molar-refractivity contribution in [1.82, 2.24) is 9.47 Å². The number of pyridine rings is 1. The molecule has 0 spiro atoms. The SMILES string of the molecule is CCCCn1c(NCc2ccc3c(c2)OCO3)c(/C=C2/SC(=S)N(CCc3ccc(OC)c(OC)c3)C2=O)c(C)c(C#N)c1=O. The molecule has 2 aromatic carbocycles. The van der Waals surface area contributed by atoms with Crippen LogP contribution in [0.1, 0.15) is 47.6 Å². The van der Waals surface area contributed by atoms with Gasteiger partial charge in [0.1, 0.15) is 21.8 Å². The van der Waals surface area contributed by atoms with Gasteiger partial charge in [0, 0.05) is 25.2 Å². The van der Waals surface area contributed by atoms with Crippen molar-refractivity contribution in [2.75, 3.05) is 32.9 Å². The van der Waals surface area contributed by atoms with Crippen LogP contribution in [0.25, 0.3) is 6.08 Å². The molecule has 1 saturated heterocycles. The smallest absolute Gasteiger partial charge is 0.270 e. The fourth-order valence-corrected chi connectivity index (χ4v) is 6.51. The molecule has 10 nitrogen and oxygen atoms in total. The van der Waals surface area contributed by atoms with E-state index in [1.807, 2.05) is 43.3 Å². The first-order chi connectivity index (χ1) is 21.8. The molecule has 0 atom stereocenters. The number of benzene rings is 2. The van der Waals surface area contributed by atoms with Gasteiger partial charge in [-0.2, -0.15) is 5.26 Å². The Kier molecular flexibility index (Phi) is 10.0. The molecule has 3 aromatic rings. The van der Waals surface area contributed by atoms with Gasteiger partial charge in [-0.1, -0.05) is 49.5 Å².